The van der Waals surface area contributed by atoms with Crippen molar-refractivity contribution in [3.63, 3.8) is 0 Å². The number of carboxylic acid groups (broad SMARTS) is 1. The lowest BCUT2D eigenvalue weighted by molar-refractivity contribution is -0.274. The number of aryl methyl sites for hydroxylation is 1. The summed E-state index contributed by atoms with van der Waals surface area (Å²) in [6.45, 7) is 1.10. The van der Waals surface area contributed by atoms with Crippen molar-refractivity contribution in [1.82, 2.24) is 5.32 Å². The van der Waals surface area contributed by atoms with Gasteiger partial charge in [-0.15, -0.1) is 13.2 Å². The van der Waals surface area contributed by atoms with Crippen LogP contribution in [0.3, 0.4) is 0 Å². The van der Waals surface area contributed by atoms with Gasteiger partial charge in [-0.1, -0.05) is 12.1 Å². The number of carbonyl (C=O) groups is 2. The highest BCUT2D eigenvalue weighted by atomic mass is 19.4. The lowest BCUT2D eigenvalue weighted by Crippen LogP contribution is -2.39. The molecular weight excluding hydrogens is 367 g/mol. The van der Waals surface area contributed by atoms with Gasteiger partial charge in [-0.2, -0.15) is 0 Å². The van der Waals surface area contributed by atoms with E-state index in [0.29, 0.717) is 38.0 Å². The third kappa shape index (κ3) is 7.46. The SMILES string of the molecule is O=C(CCc1ccc(OC(F)(F)F)cc1)NCC(C(=O)O)C1CCOCC1. The first-order valence-electron chi connectivity index (χ1n) is 8.66. The van der Waals surface area contributed by atoms with Gasteiger partial charge in [-0.05, 0) is 42.9 Å². The summed E-state index contributed by atoms with van der Waals surface area (Å²) in [5.74, 6) is -2.25. The third-order valence-corrected chi connectivity index (χ3v) is 4.47. The van der Waals surface area contributed by atoms with E-state index >= 15 is 0 Å². The summed E-state index contributed by atoms with van der Waals surface area (Å²) in [7, 11) is 0. The van der Waals surface area contributed by atoms with Crippen LogP contribution >= 0.6 is 0 Å². The molecule has 0 saturated carbocycles. The second kappa shape index (κ2) is 9.59. The van der Waals surface area contributed by atoms with Crippen LogP contribution in [0.25, 0.3) is 0 Å². The zero-order valence-corrected chi connectivity index (χ0v) is 14.6. The number of aliphatic carboxylic acids is 1. The van der Waals surface area contributed by atoms with Crippen LogP contribution in [0.1, 0.15) is 24.8 Å². The monoisotopic (exact) mass is 389 g/mol. The largest absolute Gasteiger partial charge is 0.573 e. The maximum Gasteiger partial charge on any atom is 0.573 e. The third-order valence-electron chi connectivity index (χ3n) is 4.47. The average molecular weight is 389 g/mol. The molecule has 1 saturated heterocycles. The van der Waals surface area contributed by atoms with Gasteiger partial charge in [-0.25, -0.2) is 0 Å². The molecule has 1 aliphatic rings. The summed E-state index contributed by atoms with van der Waals surface area (Å²) >= 11 is 0. The number of rotatable bonds is 8. The van der Waals surface area contributed by atoms with Gasteiger partial charge in [0, 0.05) is 26.2 Å². The number of amides is 1. The Morgan fingerprint density at radius 2 is 1.85 bits per heavy atom. The minimum atomic E-state index is -4.74. The van der Waals surface area contributed by atoms with Crippen molar-refractivity contribution in [2.45, 2.75) is 32.0 Å². The van der Waals surface area contributed by atoms with Crippen molar-refractivity contribution in [2.24, 2.45) is 11.8 Å². The minimum Gasteiger partial charge on any atom is -0.481 e. The molecule has 2 rings (SSSR count). The second-order valence-electron chi connectivity index (χ2n) is 6.39. The summed E-state index contributed by atoms with van der Waals surface area (Å²) in [5.41, 5.74) is 0.680. The number of hydrogen-bond acceptors (Lipinski definition) is 4. The molecule has 1 amide bonds. The Kier molecular flexibility index (Phi) is 7.46. The predicted octanol–water partition coefficient (Wildman–Crippen LogP) is 2.76. The molecule has 1 atom stereocenters. The normalized spacial score (nSPS) is 16.6. The average Bonchev–Trinajstić information content (AvgIpc) is 2.60. The highest BCUT2D eigenvalue weighted by Gasteiger charge is 2.31. The van der Waals surface area contributed by atoms with Crippen LogP contribution in [0.5, 0.6) is 5.75 Å². The molecule has 0 radical (unpaired) electrons. The van der Waals surface area contributed by atoms with Crippen molar-refractivity contribution in [3.8, 4) is 5.75 Å². The van der Waals surface area contributed by atoms with E-state index in [4.69, 9.17) is 4.74 Å². The molecule has 150 valence electrons. The Labute approximate surface area is 154 Å². The number of alkyl halides is 3. The zero-order chi connectivity index (χ0) is 19.9. The molecular formula is C18H22F3NO5. The van der Waals surface area contributed by atoms with Gasteiger partial charge in [0.25, 0.3) is 0 Å². The number of ether oxygens (including phenoxy) is 2. The number of benzene rings is 1. The molecule has 2 N–H and O–H groups in total. The van der Waals surface area contributed by atoms with Crippen LogP contribution in [0, 0.1) is 11.8 Å². The molecule has 6 nitrogen and oxygen atoms in total. The quantitative estimate of drug-likeness (QED) is 0.714. The zero-order valence-electron chi connectivity index (χ0n) is 14.6. The highest BCUT2D eigenvalue weighted by molar-refractivity contribution is 5.77. The predicted molar refractivity (Wildman–Crippen MR) is 89.1 cm³/mol. The number of carboxylic acids is 1. The van der Waals surface area contributed by atoms with E-state index in [-0.39, 0.29) is 30.5 Å². The van der Waals surface area contributed by atoms with Gasteiger partial charge in [-0.3, -0.25) is 9.59 Å². The van der Waals surface area contributed by atoms with Crippen LogP contribution < -0.4 is 10.1 Å². The number of carbonyl (C=O) groups excluding carboxylic acids is 1. The van der Waals surface area contributed by atoms with E-state index in [1.165, 1.54) is 24.3 Å². The van der Waals surface area contributed by atoms with Gasteiger partial charge in [0.05, 0.1) is 5.92 Å². The van der Waals surface area contributed by atoms with Crippen molar-refractivity contribution in [2.75, 3.05) is 19.8 Å². The van der Waals surface area contributed by atoms with Gasteiger partial charge in [0.1, 0.15) is 5.75 Å². The van der Waals surface area contributed by atoms with Gasteiger partial charge < -0.3 is 19.9 Å². The van der Waals surface area contributed by atoms with E-state index in [9.17, 15) is 27.9 Å². The van der Waals surface area contributed by atoms with Crippen molar-refractivity contribution >= 4 is 11.9 Å². The molecule has 0 bridgehead atoms. The smallest absolute Gasteiger partial charge is 0.481 e. The maximum absolute atomic E-state index is 12.1. The summed E-state index contributed by atoms with van der Waals surface area (Å²) in [6.07, 6.45) is -3.00. The topological polar surface area (TPSA) is 84.9 Å². The first kappa shape index (κ1) is 21.0. The van der Waals surface area contributed by atoms with E-state index in [0.717, 1.165) is 0 Å². The Morgan fingerprint density at radius 1 is 1.22 bits per heavy atom. The van der Waals surface area contributed by atoms with E-state index < -0.39 is 18.2 Å². The van der Waals surface area contributed by atoms with E-state index in [1.54, 1.807) is 0 Å². The molecule has 1 fully saturated rings. The van der Waals surface area contributed by atoms with Crippen molar-refractivity contribution in [3.05, 3.63) is 29.8 Å². The van der Waals surface area contributed by atoms with Crippen molar-refractivity contribution < 1.29 is 37.3 Å². The molecule has 1 unspecified atom stereocenters. The Morgan fingerprint density at radius 3 is 2.41 bits per heavy atom. The molecule has 1 heterocycles. The molecule has 1 aromatic rings. The van der Waals surface area contributed by atoms with E-state index in [1.807, 2.05) is 0 Å². The summed E-state index contributed by atoms with van der Waals surface area (Å²) < 4.78 is 45.3. The lowest BCUT2D eigenvalue weighted by Gasteiger charge is -2.27. The maximum atomic E-state index is 12.1. The fraction of sp³-hybridized carbons (Fsp3) is 0.556. The van der Waals surface area contributed by atoms with Crippen LogP contribution in [-0.2, 0) is 20.7 Å². The van der Waals surface area contributed by atoms with Crippen LogP contribution in [0.4, 0.5) is 13.2 Å². The standard InChI is InChI=1S/C18H22F3NO5/c19-18(20,21)27-14-4-1-12(2-5-14)3-6-16(23)22-11-15(17(24)25)13-7-9-26-10-8-13/h1-2,4-5,13,15H,3,6-11H2,(H,22,23)(H,24,25). The molecule has 0 spiro atoms. The summed E-state index contributed by atoms with van der Waals surface area (Å²) in [5, 5.41) is 12.0. The van der Waals surface area contributed by atoms with Gasteiger partial charge in [0.15, 0.2) is 0 Å². The summed E-state index contributed by atoms with van der Waals surface area (Å²) in [6, 6.07) is 5.28. The first-order valence-corrected chi connectivity index (χ1v) is 8.66. The van der Waals surface area contributed by atoms with Gasteiger partial charge in [0.2, 0.25) is 5.91 Å². The Balaban J connectivity index is 1.77. The van der Waals surface area contributed by atoms with Crippen LogP contribution in [0.15, 0.2) is 24.3 Å². The van der Waals surface area contributed by atoms with Crippen LogP contribution in [-0.4, -0.2) is 43.1 Å². The highest BCUT2D eigenvalue weighted by Crippen LogP contribution is 2.24. The van der Waals surface area contributed by atoms with Crippen molar-refractivity contribution in [1.29, 1.82) is 0 Å². The molecule has 1 aromatic carbocycles. The molecule has 0 aromatic heterocycles. The fourth-order valence-electron chi connectivity index (χ4n) is 3.00. The minimum absolute atomic E-state index is 0.0299. The number of halogens is 3. The fourth-order valence-corrected chi connectivity index (χ4v) is 3.00. The second-order valence-corrected chi connectivity index (χ2v) is 6.39. The molecule has 27 heavy (non-hydrogen) atoms. The van der Waals surface area contributed by atoms with E-state index in [2.05, 4.69) is 10.1 Å². The van der Waals surface area contributed by atoms with Crippen LogP contribution in [0.2, 0.25) is 0 Å². The van der Waals surface area contributed by atoms with Gasteiger partial charge >= 0.3 is 12.3 Å². The lowest BCUT2D eigenvalue weighted by atomic mass is 9.86. The molecule has 1 aliphatic heterocycles. The number of hydrogen-bond donors (Lipinski definition) is 2. The molecule has 0 aliphatic carbocycles. The number of nitrogens with one attached hydrogen (secondary N) is 1. The molecule has 9 heteroatoms. The first-order chi connectivity index (χ1) is 12.7. The summed E-state index contributed by atoms with van der Waals surface area (Å²) in [4.78, 5) is 23.4. The Bertz CT molecular complexity index is 627. The Hall–Kier alpha value is -2.29.